The van der Waals surface area contributed by atoms with Crippen LogP contribution >= 0.6 is 12.6 Å². The summed E-state index contributed by atoms with van der Waals surface area (Å²) in [6.07, 6.45) is 5.07. The standard InChI is InChI=1S/C10H21NOS/c1-11(6-3-2-4-8-13)10-5-7-12-9-10/h10,13H,2-9H2,1H3. The van der Waals surface area contributed by atoms with Crippen LogP contribution in [0.2, 0.25) is 0 Å². The lowest BCUT2D eigenvalue weighted by molar-refractivity contribution is 0.158. The molecule has 78 valence electrons. The lowest BCUT2D eigenvalue weighted by Crippen LogP contribution is -2.32. The van der Waals surface area contributed by atoms with Gasteiger partial charge in [0, 0.05) is 12.6 Å². The number of unbranched alkanes of at least 4 members (excludes halogenated alkanes) is 2. The first-order valence-electron chi connectivity index (χ1n) is 5.23. The van der Waals surface area contributed by atoms with Gasteiger partial charge in [0.15, 0.2) is 0 Å². The van der Waals surface area contributed by atoms with Crippen molar-refractivity contribution in [2.75, 3.05) is 32.6 Å². The predicted octanol–water partition coefficient (Wildman–Crippen LogP) is 1.81. The van der Waals surface area contributed by atoms with Gasteiger partial charge in [-0.2, -0.15) is 12.6 Å². The molecule has 0 radical (unpaired) electrons. The van der Waals surface area contributed by atoms with Crippen LogP contribution in [0.15, 0.2) is 0 Å². The van der Waals surface area contributed by atoms with Crippen LogP contribution in [0.3, 0.4) is 0 Å². The summed E-state index contributed by atoms with van der Waals surface area (Å²) >= 11 is 4.20. The van der Waals surface area contributed by atoms with Crippen molar-refractivity contribution in [2.24, 2.45) is 0 Å². The van der Waals surface area contributed by atoms with E-state index in [-0.39, 0.29) is 0 Å². The normalized spacial score (nSPS) is 22.8. The minimum Gasteiger partial charge on any atom is -0.380 e. The van der Waals surface area contributed by atoms with Crippen LogP contribution in [-0.4, -0.2) is 43.5 Å². The molecule has 0 spiro atoms. The molecule has 1 unspecified atom stereocenters. The van der Waals surface area contributed by atoms with Crippen molar-refractivity contribution >= 4 is 12.6 Å². The van der Waals surface area contributed by atoms with Gasteiger partial charge in [0.1, 0.15) is 0 Å². The van der Waals surface area contributed by atoms with Crippen molar-refractivity contribution in [1.29, 1.82) is 0 Å². The van der Waals surface area contributed by atoms with Gasteiger partial charge in [0.2, 0.25) is 0 Å². The predicted molar refractivity (Wildman–Crippen MR) is 59.6 cm³/mol. The molecule has 1 heterocycles. The maximum atomic E-state index is 5.35. The Morgan fingerprint density at radius 2 is 2.23 bits per heavy atom. The van der Waals surface area contributed by atoms with Crippen LogP contribution in [0.25, 0.3) is 0 Å². The first-order valence-corrected chi connectivity index (χ1v) is 5.86. The minimum absolute atomic E-state index is 0.677. The largest absolute Gasteiger partial charge is 0.380 e. The molecule has 0 saturated carbocycles. The fourth-order valence-electron chi connectivity index (χ4n) is 1.70. The maximum Gasteiger partial charge on any atom is 0.0622 e. The van der Waals surface area contributed by atoms with E-state index in [1.807, 2.05) is 0 Å². The monoisotopic (exact) mass is 203 g/mol. The van der Waals surface area contributed by atoms with Gasteiger partial charge in [-0.05, 0) is 38.6 Å². The molecular weight excluding hydrogens is 182 g/mol. The second kappa shape index (κ2) is 6.68. The molecule has 0 bridgehead atoms. The third-order valence-corrected chi connectivity index (χ3v) is 3.01. The quantitative estimate of drug-likeness (QED) is 0.522. The summed E-state index contributed by atoms with van der Waals surface area (Å²) in [5.41, 5.74) is 0. The van der Waals surface area contributed by atoms with Gasteiger partial charge < -0.3 is 9.64 Å². The van der Waals surface area contributed by atoms with Crippen LogP contribution < -0.4 is 0 Å². The molecule has 1 fully saturated rings. The van der Waals surface area contributed by atoms with E-state index in [2.05, 4.69) is 24.6 Å². The molecule has 2 nitrogen and oxygen atoms in total. The first kappa shape index (κ1) is 11.3. The van der Waals surface area contributed by atoms with Crippen molar-refractivity contribution in [2.45, 2.75) is 31.7 Å². The Kier molecular flexibility index (Phi) is 5.83. The van der Waals surface area contributed by atoms with E-state index in [0.717, 1.165) is 19.0 Å². The third-order valence-electron chi connectivity index (χ3n) is 2.70. The molecule has 0 aliphatic carbocycles. The Bertz CT molecular complexity index is 126. The van der Waals surface area contributed by atoms with E-state index in [9.17, 15) is 0 Å². The molecule has 1 aliphatic rings. The smallest absolute Gasteiger partial charge is 0.0622 e. The van der Waals surface area contributed by atoms with Crippen molar-refractivity contribution < 1.29 is 4.74 Å². The summed E-state index contributed by atoms with van der Waals surface area (Å²) in [5, 5.41) is 0. The Morgan fingerprint density at radius 3 is 2.85 bits per heavy atom. The number of likely N-dealkylation sites (N-methyl/N-ethyl adjacent to an activating group) is 1. The Hall–Kier alpha value is 0.270. The zero-order chi connectivity index (χ0) is 9.52. The number of hydrogen-bond acceptors (Lipinski definition) is 3. The van der Waals surface area contributed by atoms with Gasteiger partial charge in [0.25, 0.3) is 0 Å². The Labute approximate surface area is 87.0 Å². The molecular formula is C10H21NOS. The SMILES string of the molecule is CN(CCCCCS)C1CCOC1. The zero-order valence-corrected chi connectivity index (χ0v) is 9.43. The van der Waals surface area contributed by atoms with Gasteiger partial charge >= 0.3 is 0 Å². The average Bonchev–Trinajstić information content (AvgIpc) is 2.65. The van der Waals surface area contributed by atoms with Gasteiger partial charge in [-0.1, -0.05) is 6.42 Å². The van der Waals surface area contributed by atoms with E-state index >= 15 is 0 Å². The summed E-state index contributed by atoms with van der Waals surface area (Å²) in [6, 6.07) is 0.677. The molecule has 1 atom stereocenters. The summed E-state index contributed by atoms with van der Waals surface area (Å²) in [4.78, 5) is 2.44. The fourth-order valence-corrected chi connectivity index (χ4v) is 1.93. The number of hydrogen-bond donors (Lipinski definition) is 1. The molecule has 0 aromatic heterocycles. The highest BCUT2D eigenvalue weighted by atomic mass is 32.1. The lowest BCUT2D eigenvalue weighted by atomic mass is 10.2. The number of ether oxygens (including phenoxy) is 1. The highest BCUT2D eigenvalue weighted by molar-refractivity contribution is 7.80. The number of nitrogens with zero attached hydrogens (tertiary/aromatic N) is 1. The molecule has 0 aromatic carbocycles. The molecule has 0 aromatic rings. The van der Waals surface area contributed by atoms with Crippen molar-refractivity contribution in [3.05, 3.63) is 0 Å². The van der Waals surface area contributed by atoms with Crippen molar-refractivity contribution in [3.8, 4) is 0 Å². The molecule has 0 amide bonds. The van der Waals surface area contributed by atoms with Gasteiger partial charge in [-0.15, -0.1) is 0 Å². The van der Waals surface area contributed by atoms with Crippen LogP contribution in [0.4, 0.5) is 0 Å². The van der Waals surface area contributed by atoms with Crippen LogP contribution in [0, 0.1) is 0 Å². The van der Waals surface area contributed by atoms with Gasteiger partial charge in [0.05, 0.1) is 6.61 Å². The molecule has 1 aliphatic heterocycles. The summed E-state index contributed by atoms with van der Waals surface area (Å²) in [5.74, 6) is 1.02. The second-order valence-corrected chi connectivity index (χ2v) is 4.23. The highest BCUT2D eigenvalue weighted by Gasteiger charge is 2.19. The summed E-state index contributed by atoms with van der Waals surface area (Å²) in [6.45, 7) is 3.09. The zero-order valence-electron chi connectivity index (χ0n) is 8.54. The first-order chi connectivity index (χ1) is 6.34. The van der Waals surface area contributed by atoms with Gasteiger partial charge in [-0.3, -0.25) is 0 Å². The van der Waals surface area contributed by atoms with Crippen molar-refractivity contribution in [1.82, 2.24) is 4.90 Å². The minimum atomic E-state index is 0.677. The summed E-state index contributed by atoms with van der Waals surface area (Å²) in [7, 11) is 2.21. The maximum absolute atomic E-state index is 5.35. The average molecular weight is 203 g/mol. The van der Waals surface area contributed by atoms with E-state index in [4.69, 9.17) is 4.74 Å². The van der Waals surface area contributed by atoms with E-state index < -0.39 is 0 Å². The summed E-state index contributed by atoms with van der Waals surface area (Å²) < 4.78 is 5.35. The molecule has 3 heteroatoms. The fraction of sp³-hybridized carbons (Fsp3) is 1.00. The number of rotatable bonds is 6. The molecule has 13 heavy (non-hydrogen) atoms. The number of thiol groups is 1. The molecule has 1 saturated heterocycles. The van der Waals surface area contributed by atoms with E-state index in [1.165, 1.54) is 32.2 Å². The Morgan fingerprint density at radius 1 is 1.38 bits per heavy atom. The van der Waals surface area contributed by atoms with E-state index in [1.54, 1.807) is 0 Å². The van der Waals surface area contributed by atoms with Gasteiger partial charge in [-0.25, -0.2) is 0 Å². The van der Waals surface area contributed by atoms with Crippen LogP contribution in [0.5, 0.6) is 0 Å². The molecule has 0 N–H and O–H groups in total. The highest BCUT2D eigenvalue weighted by Crippen LogP contribution is 2.11. The third kappa shape index (κ3) is 4.34. The molecule has 1 rings (SSSR count). The second-order valence-electron chi connectivity index (χ2n) is 3.78. The topological polar surface area (TPSA) is 12.5 Å². The van der Waals surface area contributed by atoms with Crippen LogP contribution in [-0.2, 0) is 4.74 Å². The Balaban J connectivity index is 1.99. The van der Waals surface area contributed by atoms with E-state index in [0.29, 0.717) is 6.04 Å². The lowest BCUT2D eigenvalue weighted by Gasteiger charge is -2.22. The van der Waals surface area contributed by atoms with Crippen molar-refractivity contribution in [3.63, 3.8) is 0 Å². The van der Waals surface area contributed by atoms with Crippen LogP contribution in [0.1, 0.15) is 25.7 Å².